The van der Waals surface area contributed by atoms with Crippen molar-refractivity contribution in [2.24, 2.45) is 0 Å². The second-order valence-electron chi connectivity index (χ2n) is 5.88. The predicted molar refractivity (Wildman–Crippen MR) is 92.5 cm³/mol. The number of aromatic hydroxyl groups is 2. The van der Waals surface area contributed by atoms with Crippen LogP contribution in [0.4, 0.5) is 0 Å². The number of allylic oxidation sites excluding steroid dienone is 1. The minimum absolute atomic E-state index is 0.0309. The zero-order valence-electron chi connectivity index (χ0n) is 13.3. The van der Waals surface area contributed by atoms with Crippen LogP contribution in [-0.4, -0.2) is 22.1 Å². The Balaban J connectivity index is 1.83. The first kappa shape index (κ1) is 15.9. The second-order valence-corrected chi connectivity index (χ2v) is 5.88. The van der Waals surface area contributed by atoms with Crippen molar-refractivity contribution in [3.05, 3.63) is 71.3 Å². The van der Waals surface area contributed by atoms with Gasteiger partial charge in [0.15, 0.2) is 5.78 Å². The molecule has 1 aliphatic heterocycles. The van der Waals surface area contributed by atoms with E-state index in [1.165, 1.54) is 6.08 Å². The number of ketones is 1. The smallest absolute Gasteiger partial charge is 0.189 e. The number of carbonyl (C=O) groups is 1. The molecular formula is C20H18O4. The van der Waals surface area contributed by atoms with Gasteiger partial charge in [-0.15, -0.1) is 0 Å². The number of fused-ring (bicyclic) bond motifs is 1. The molecule has 0 aliphatic carbocycles. The highest BCUT2D eigenvalue weighted by Crippen LogP contribution is 2.39. The van der Waals surface area contributed by atoms with Gasteiger partial charge in [-0.25, -0.2) is 0 Å². The summed E-state index contributed by atoms with van der Waals surface area (Å²) in [5, 5.41) is 19.7. The lowest BCUT2D eigenvalue weighted by molar-refractivity contribution is 0.104. The van der Waals surface area contributed by atoms with E-state index in [4.69, 9.17) is 4.74 Å². The fourth-order valence-corrected chi connectivity index (χ4v) is 2.63. The van der Waals surface area contributed by atoms with E-state index in [1.54, 1.807) is 42.5 Å². The van der Waals surface area contributed by atoms with Gasteiger partial charge in [0, 0.05) is 12.0 Å². The number of ether oxygens (including phenoxy) is 1. The Labute approximate surface area is 140 Å². The van der Waals surface area contributed by atoms with Gasteiger partial charge in [-0.05, 0) is 48.4 Å². The van der Waals surface area contributed by atoms with Crippen molar-refractivity contribution >= 4 is 11.9 Å². The molecule has 2 N–H and O–H groups in total. The molecule has 1 heterocycles. The molecule has 4 nitrogen and oxygen atoms in total. The van der Waals surface area contributed by atoms with Crippen LogP contribution in [-0.2, 0) is 6.42 Å². The van der Waals surface area contributed by atoms with Crippen molar-refractivity contribution in [3.63, 3.8) is 0 Å². The van der Waals surface area contributed by atoms with Crippen LogP contribution in [0.25, 0.3) is 6.08 Å². The average molecular weight is 322 g/mol. The summed E-state index contributed by atoms with van der Waals surface area (Å²) in [5.41, 5.74) is 2.56. The number of carbonyl (C=O) groups excluding carboxylic acids is 1. The summed E-state index contributed by atoms with van der Waals surface area (Å²) in [6, 6.07) is 9.77. The van der Waals surface area contributed by atoms with Gasteiger partial charge >= 0.3 is 0 Å². The van der Waals surface area contributed by atoms with E-state index in [1.807, 2.05) is 6.92 Å². The monoisotopic (exact) mass is 322 g/mol. The lowest BCUT2D eigenvalue weighted by Gasteiger charge is -2.08. The summed E-state index contributed by atoms with van der Waals surface area (Å²) in [5.74, 6) is 0.445. The minimum atomic E-state index is -0.290. The highest BCUT2D eigenvalue weighted by atomic mass is 16.5. The fourth-order valence-electron chi connectivity index (χ4n) is 2.63. The molecule has 2 aromatic carbocycles. The highest BCUT2D eigenvalue weighted by molar-refractivity contribution is 6.09. The molecule has 24 heavy (non-hydrogen) atoms. The maximum atomic E-state index is 12.4. The van der Waals surface area contributed by atoms with Crippen molar-refractivity contribution in [1.29, 1.82) is 0 Å². The van der Waals surface area contributed by atoms with E-state index in [0.717, 1.165) is 11.1 Å². The van der Waals surface area contributed by atoms with Crippen LogP contribution in [0.2, 0.25) is 0 Å². The normalized spacial score (nSPS) is 16.0. The summed E-state index contributed by atoms with van der Waals surface area (Å²) in [4.78, 5) is 12.4. The van der Waals surface area contributed by atoms with Gasteiger partial charge in [0.2, 0.25) is 0 Å². The molecule has 0 saturated heterocycles. The summed E-state index contributed by atoms with van der Waals surface area (Å²) in [7, 11) is 0. The summed E-state index contributed by atoms with van der Waals surface area (Å²) in [6.45, 7) is 5.75. The van der Waals surface area contributed by atoms with Gasteiger partial charge in [-0.2, -0.15) is 0 Å². The van der Waals surface area contributed by atoms with Gasteiger partial charge in [0.05, 0.1) is 5.56 Å². The minimum Gasteiger partial charge on any atom is -0.508 e. The van der Waals surface area contributed by atoms with Gasteiger partial charge in [0.1, 0.15) is 23.4 Å². The molecule has 0 unspecified atom stereocenters. The lowest BCUT2D eigenvalue weighted by atomic mass is 10.00. The number of hydrogen-bond acceptors (Lipinski definition) is 4. The molecule has 0 saturated carbocycles. The van der Waals surface area contributed by atoms with Crippen molar-refractivity contribution in [2.75, 3.05) is 0 Å². The Morgan fingerprint density at radius 3 is 2.58 bits per heavy atom. The lowest BCUT2D eigenvalue weighted by Crippen LogP contribution is -2.13. The molecule has 2 aromatic rings. The SMILES string of the molecule is C=C(C)[C@H]1Cc2c(ccc(C(=O)C=Cc3ccc(O)cc3)c2O)O1. The van der Waals surface area contributed by atoms with Crippen LogP contribution < -0.4 is 4.74 Å². The van der Waals surface area contributed by atoms with E-state index >= 15 is 0 Å². The van der Waals surface area contributed by atoms with Crippen LogP contribution in [0, 0.1) is 0 Å². The molecule has 1 atom stereocenters. The van der Waals surface area contributed by atoms with Crippen molar-refractivity contribution in [1.82, 2.24) is 0 Å². The molecule has 0 aromatic heterocycles. The first-order chi connectivity index (χ1) is 11.5. The first-order valence-electron chi connectivity index (χ1n) is 7.64. The van der Waals surface area contributed by atoms with Crippen LogP contribution in [0.1, 0.15) is 28.4 Å². The van der Waals surface area contributed by atoms with Crippen molar-refractivity contribution < 1.29 is 19.7 Å². The summed E-state index contributed by atoms with van der Waals surface area (Å²) in [6.07, 6.45) is 3.39. The Morgan fingerprint density at radius 1 is 1.21 bits per heavy atom. The Kier molecular flexibility index (Phi) is 4.13. The Morgan fingerprint density at radius 2 is 1.92 bits per heavy atom. The number of rotatable bonds is 4. The van der Waals surface area contributed by atoms with E-state index < -0.39 is 0 Å². The van der Waals surface area contributed by atoms with E-state index in [-0.39, 0.29) is 28.9 Å². The number of benzene rings is 2. The zero-order chi connectivity index (χ0) is 17.3. The highest BCUT2D eigenvalue weighted by Gasteiger charge is 2.28. The van der Waals surface area contributed by atoms with Crippen molar-refractivity contribution in [2.45, 2.75) is 19.4 Å². The van der Waals surface area contributed by atoms with Gasteiger partial charge in [0.25, 0.3) is 0 Å². The largest absolute Gasteiger partial charge is 0.508 e. The van der Waals surface area contributed by atoms with Crippen molar-refractivity contribution in [3.8, 4) is 17.2 Å². The molecule has 0 fully saturated rings. The van der Waals surface area contributed by atoms with Crippen LogP contribution >= 0.6 is 0 Å². The van der Waals surface area contributed by atoms with E-state index in [9.17, 15) is 15.0 Å². The van der Waals surface area contributed by atoms with E-state index in [2.05, 4.69) is 6.58 Å². The number of phenolic OH excluding ortho intramolecular Hbond substituents is 2. The Bertz CT molecular complexity index is 831. The van der Waals surface area contributed by atoms with Crippen LogP contribution in [0.15, 0.2) is 54.6 Å². The van der Waals surface area contributed by atoms with E-state index in [0.29, 0.717) is 17.7 Å². The quantitative estimate of drug-likeness (QED) is 0.509. The third-order valence-electron chi connectivity index (χ3n) is 4.03. The molecule has 0 spiro atoms. The number of phenols is 2. The topological polar surface area (TPSA) is 66.8 Å². The molecule has 3 rings (SSSR count). The third kappa shape index (κ3) is 3.04. The standard InChI is InChI=1S/C20H18O4/c1-12(2)19-11-16-18(24-19)10-8-15(20(16)23)17(22)9-5-13-3-6-14(21)7-4-13/h3-10,19,21,23H,1,11H2,2H3/t19-/m1/s1. The number of hydrogen-bond donors (Lipinski definition) is 2. The fraction of sp³-hybridized carbons (Fsp3) is 0.150. The zero-order valence-corrected chi connectivity index (χ0v) is 13.3. The van der Waals surface area contributed by atoms with Gasteiger partial charge < -0.3 is 14.9 Å². The van der Waals surface area contributed by atoms with Gasteiger partial charge in [-0.3, -0.25) is 4.79 Å². The van der Waals surface area contributed by atoms with Gasteiger partial charge in [-0.1, -0.05) is 24.8 Å². The third-order valence-corrected chi connectivity index (χ3v) is 4.03. The maximum Gasteiger partial charge on any atom is 0.189 e. The molecular weight excluding hydrogens is 304 g/mol. The van der Waals surface area contributed by atoms with Crippen LogP contribution in [0.3, 0.4) is 0 Å². The molecule has 1 aliphatic rings. The predicted octanol–water partition coefficient (Wildman–Crippen LogP) is 3.87. The summed E-state index contributed by atoms with van der Waals surface area (Å²) >= 11 is 0. The molecule has 122 valence electrons. The summed E-state index contributed by atoms with van der Waals surface area (Å²) < 4.78 is 5.71. The second kappa shape index (κ2) is 6.24. The maximum absolute atomic E-state index is 12.4. The molecule has 4 heteroatoms. The first-order valence-corrected chi connectivity index (χ1v) is 7.64. The molecule has 0 radical (unpaired) electrons. The Hall–Kier alpha value is -3.01. The molecule has 0 bridgehead atoms. The average Bonchev–Trinajstić information content (AvgIpc) is 3.00. The molecule has 0 amide bonds. The van der Waals surface area contributed by atoms with Crippen LogP contribution in [0.5, 0.6) is 17.2 Å².